The van der Waals surface area contributed by atoms with Gasteiger partial charge in [-0.15, -0.1) is 0 Å². The second-order valence-electron chi connectivity index (χ2n) is 11.3. The summed E-state index contributed by atoms with van der Waals surface area (Å²) in [5, 5.41) is 5.62. The van der Waals surface area contributed by atoms with Crippen molar-refractivity contribution in [3.8, 4) is 11.3 Å². The Labute approximate surface area is 260 Å². The number of sulfonamides is 2. The van der Waals surface area contributed by atoms with Gasteiger partial charge in [0.25, 0.3) is 0 Å². The van der Waals surface area contributed by atoms with E-state index >= 15 is 0 Å². The van der Waals surface area contributed by atoms with Gasteiger partial charge in [-0.3, -0.25) is 9.58 Å². The molecule has 0 aliphatic carbocycles. The summed E-state index contributed by atoms with van der Waals surface area (Å²) in [6, 6.07) is 12.5. The van der Waals surface area contributed by atoms with Crippen molar-refractivity contribution in [2.45, 2.75) is 50.6 Å². The third-order valence-corrected chi connectivity index (χ3v) is 11.2. The molecule has 43 heavy (non-hydrogen) atoms. The summed E-state index contributed by atoms with van der Waals surface area (Å²) < 4.78 is 61.9. The molecule has 13 heteroatoms. The molecule has 2 aliphatic rings. The fourth-order valence-electron chi connectivity index (χ4n) is 5.63. The van der Waals surface area contributed by atoms with Gasteiger partial charge in [-0.1, -0.05) is 35.4 Å². The van der Waals surface area contributed by atoms with Gasteiger partial charge in [0.2, 0.25) is 20.0 Å². The minimum absolute atomic E-state index is 0.242. The van der Waals surface area contributed by atoms with Crippen molar-refractivity contribution in [1.29, 1.82) is 0 Å². The molecule has 10 nitrogen and oxygen atoms in total. The standard InChI is InChI=1S/C30H40ClN5O5S2/c1-23-6-9-26(10-7-23)43(39,40)32-13-3-5-24-21-25(8-11-28(24)31)30-27-22-35(42(2,37)38)16-12-29(27)36(33-30)15-4-14-34-17-19-41-20-18-34/h6-11,21,32H,3-5,12-20,22H2,1-2H3. The fraction of sp³-hybridized carbons (Fsp3) is 0.500. The van der Waals surface area contributed by atoms with Crippen molar-refractivity contribution in [3.63, 3.8) is 0 Å². The molecule has 0 saturated carbocycles. The number of hydrogen-bond acceptors (Lipinski definition) is 7. The second kappa shape index (κ2) is 13.8. The van der Waals surface area contributed by atoms with Crippen molar-refractivity contribution in [2.24, 2.45) is 0 Å². The molecule has 0 bridgehead atoms. The number of hydrogen-bond donors (Lipinski definition) is 1. The number of aromatic nitrogens is 2. The molecule has 234 valence electrons. The first-order valence-electron chi connectivity index (χ1n) is 14.7. The van der Waals surface area contributed by atoms with Crippen molar-refractivity contribution >= 4 is 31.6 Å². The van der Waals surface area contributed by atoms with E-state index in [1.807, 2.05) is 25.1 Å². The van der Waals surface area contributed by atoms with Gasteiger partial charge >= 0.3 is 0 Å². The van der Waals surface area contributed by atoms with Crippen LogP contribution in [0.15, 0.2) is 47.4 Å². The Morgan fingerprint density at radius 3 is 2.44 bits per heavy atom. The molecule has 0 unspecified atom stereocenters. The molecule has 1 N–H and O–H groups in total. The maximum absolute atomic E-state index is 12.7. The lowest BCUT2D eigenvalue weighted by molar-refractivity contribution is 0.0368. The highest BCUT2D eigenvalue weighted by Gasteiger charge is 2.30. The number of fused-ring (bicyclic) bond motifs is 1. The van der Waals surface area contributed by atoms with Gasteiger partial charge in [0.05, 0.1) is 30.1 Å². The van der Waals surface area contributed by atoms with Gasteiger partial charge in [-0.2, -0.15) is 9.40 Å². The van der Waals surface area contributed by atoms with Crippen LogP contribution in [0.2, 0.25) is 5.02 Å². The zero-order chi connectivity index (χ0) is 30.6. The minimum atomic E-state index is -3.59. The Morgan fingerprint density at radius 1 is 0.977 bits per heavy atom. The summed E-state index contributed by atoms with van der Waals surface area (Å²) in [4.78, 5) is 2.64. The van der Waals surface area contributed by atoms with E-state index in [0.29, 0.717) is 30.8 Å². The van der Waals surface area contributed by atoms with Crippen LogP contribution in [0.25, 0.3) is 11.3 Å². The Bertz CT molecular complexity index is 1640. The minimum Gasteiger partial charge on any atom is -0.379 e. The van der Waals surface area contributed by atoms with Crippen molar-refractivity contribution < 1.29 is 21.6 Å². The SMILES string of the molecule is Cc1ccc(S(=O)(=O)NCCCc2cc(-c3nn(CCCN4CCOCC4)c4c3CN(S(C)(=O)=O)CC4)ccc2Cl)cc1. The molecule has 0 atom stereocenters. The van der Waals surface area contributed by atoms with Crippen molar-refractivity contribution in [2.75, 3.05) is 52.2 Å². The Balaban J connectivity index is 1.31. The molecule has 5 rings (SSSR count). The Kier molecular flexibility index (Phi) is 10.3. The van der Waals surface area contributed by atoms with E-state index in [0.717, 1.165) is 79.5 Å². The van der Waals surface area contributed by atoms with E-state index in [-0.39, 0.29) is 18.0 Å². The first kappa shape index (κ1) is 32.1. The molecular formula is C30H40ClN5O5S2. The van der Waals surface area contributed by atoms with E-state index in [1.54, 1.807) is 24.3 Å². The van der Waals surface area contributed by atoms with E-state index in [4.69, 9.17) is 21.4 Å². The monoisotopic (exact) mass is 649 g/mol. The van der Waals surface area contributed by atoms with E-state index < -0.39 is 20.0 Å². The van der Waals surface area contributed by atoms with Crippen LogP contribution in [0.4, 0.5) is 0 Å². The molecule has 1 fully saturated rings. The first-order valence-corrected chi connectivity index (χ1v) is 18.4. The van der Waals surface area contributed by atoms with Crippen LogP contribution in [0.3, 0.4) is 0 Å². The van der Waals surface area contributed by atoms with Gasteiger partial charge in [-0.05, 0) is 56.0 Å². The summed E-state index contributed by atoms with van der Waals surface area (Å²) in [6.45, 7) is 8.02. The number of rotatable bonds is 12. The molecule has 3 heterocycles. The highest BCUT2D eigenvalue weighted by atomic mass is 35.5. The number of ether oxygens (including phenoxy) is 1. The Morgan fingerprint density at radius 2 is 1.72 bits per heavy atom. The van der Waals surface area contributed by atoms with E-state index in [9.17, 15) is 16.8 Å². The maximum Gasteiger partial charge on any atom is 0.240 e. The predicted octanol–water partition coefficient (Wildman–Crippen LogP) is 3.46. The lowest BCUT2D eigenvalue weighted by Gasteiger charge is -2.27. The van der Waals surface area contributed by atoms with Gasteiger partial charge in [0.1, 0.15) is 0 Å². The highest BCUT2D eigenvalue weighted by Crippen LogP contribution is 2.33. The fourth-order valence-corrected chi connectivity index (χ4v) is 7.71. The molecule has 3 aromatic rings. The number of aryl methyl sites for hydroxylation is 3. The number of benzene rings is 2. The van der Waals surface area contributed by atoms with E-state index in [2.05, 4.69) is 14.3 Å². The molecule has 0 spiro atoms. The smallest absolute Gasteiger partial charge is 0.240 e. The molecular weight excluding hydrogens is 610 g/mol. The zero-order valence-corrected chi connectivity index (χ0v) is 27.1. The quantitative estimate of drug-likeness (QED) is 0.299. The number of nitrogens with one attached hydrogen (secondary N) is 1. The molecule has 1 saturated heterocycles. The van der Waals surface area contributed by atoms with Crippen molar-refractivity contribution in [1.82, 2.24) is 23.7 Å². The molecule has 0 amide bonds. The van der Waals surface area contributed by atoms with Crippen LogP contribution >= 0.6 is 11.6 Å². The average molecular weight is 650 g/mol. The Hall–Kier alpha value is -2.32. The van der Waals surface area contributed by atoms with Crippen LogP contribution in [-0.2, 0) is 50.7 Å². The first-order chi connectivity index (χ1) is 20.5. The summed E-state index contributed by atoms with van der Waals surface area (Å²) in [6.07, 6.45) is 3.92. The largest absolute Gasteiger partial charge is 0.379 e. The van der Waals surface area contributed by atoms with E-state index in [1.165, 1.54) is 10.6 Å². The molecule has 0 radical (unpaired) electrons. The lowest BCUT2D eigenvalue weighted by Crippen LogP contribution is -2.37. The maximum atomic E-state index is 12.7. The highest BCUT2D eigenvalue weighted by molar-refractivity contribution is 7.89. The number of nitrogens with zero attached hydrogens (tertiary/aromatic N) is 4. The summed E-state index contributed by atoms with van der Waals surface area (Å²) in [7, 11) is -6.94. The van der Waals surface area contributed by atoms with Crippen LogP contribution < -0.4 is 4.72 Å². The van der Waals surface area contributed by atoms with Gasteiger partial charge in [-0.25, -0.2) is 21.6 Å². The van der Waals surface area contributed by atoms with Crippen LogP contribution in [0.1, 0.15) is 35.2 Å². The third-order valence-electron chi connectivity index (χ3n) is 8.08. The van der Waals surface area contributed by atoms with Gasteiger partial charge < -0.3 is 4.74 Å². The number of morpholine rings is 1. The second-order valence-corrected chi connectivity index (χ2v) is 15.4. The average Bonchev–Trinajstić information content (AvgIpc) is 3.34. The van der Waals surface area contributed by atoms with Gasteiger partial charge in [0.15, 0.2) is 0 Å². The molecule has 1 aromatic heterocycles. The molecule has 2 aliphatic heterocycles. The third kappa shape index (κ3) is 8.05. The predicted molar refractivity (Wildman–Crippen MR) is 168 cm³/mol. The number of halogens is 1. The van der Waals surface area contributed by atoms with Crippen LogP contribution in [0.5, 0.6) is 0 Å². The summed E-state index contributed by atoms with van der Waals surface area (Å²) in [5.41, 5.74) is 5.55. The van der Waals surface area contributed by atoms with Crippen LogP contribution in [0, 0.1) is 6.92 Å². The topological polar surface area (TPSA) is 114 Å². The molecule has 2 aromatic carbocycles. The van der Waals surface area contributed by atoms with Gasteiger partial charge in [0, 0.05) is 74.1 Å². The normalized spacial score (nSPS) is 16.8. The summed E-state index contributed by atoms with van der Waals surface area (Å²) >= 11 is 6.57. The zero-order valence-electron chi connectivity index (χ0n) is 24.8. The van der Waals surface area contributed by atoms with Crippen LogP contribution in [-0.4, -0.2) is 88.0 Å². The lowest BCUT2D eigenvalue weighted by atomic mass is 9.99. The van der Waals surface area contributed by atoms with Crippen molar-refractivity contribution in [3.05, 3.63) is 69.9 Å². The summed E-state index contributed by atoms with van der Waals surface area (Å²) in [5.74, 6) is 0.